The molecule has 0 saturated heterocycles. The second-order valence-corrected chi connectivity index (χ2v) is 24.1. The minimum absolute atomic E-state index is 0.652. The number of rotatable bonds is 10. The first-order chi connectivity index (χ1) is 37.3. The molecule has 0 aromatic heterocycles. The van der Waals surface area contributed by atoms with Crippen LogP contribution in [0.5, 0.6) is 0 Å². The highest BCUT2D eigenvalue weighted by Crippen LogP contribution is 2.73. The number of hydrogen-bond donors (Lipinski definition) is 0. The summed E-state index contributed by atoms with van der Waals surface area (Å²) < 4.78 is 43.8. The molecule has 0 spiro atoms. The molecule has 2 aliphatic heterocycles. The van der Waals surface area contributed by atoms with E-state index >= 15 is 9.13 Å². The highest BCUT2D eigenvalue weighted by molar-refractivity contribution is 7.77. The molecule has 76 heavy (non-hydrogen) atoms. The SMILES string of the molecule is Cc1cc(P2(=O)N(c3cccc(-c4ccccc4)c3)c3ccccc3N2c2cccc(-c3ccccc3)c2)c(C)cc1P1(=O)N(c2cccc(-c3ccccc3)c2)c2ccccc2N1c1cccc(-c2ccccc2)c1. The van der Waals surface area contributed by atoms with Crippen LogP contribution in [0.3, 0.4) is 0 Å². The number of hydrogen-bond acceptors (Lipinski definition) is 2. The standard InChI is InChI=1S/C68H52N4O2P2/c1-49-43-68(76(74)71(61-37-21-33-57(47-61)53-27-11-5-12-28-53)65-41-17-18-42-66(65)72(76)62-38-22-34-58(48-62)54-29-13-6-14-30-54)50(2)44-67(49)75(73)69(59-35-19-31-55(45-59)51-23-7-3-8-24-51)63-39-15-16-40-64(63)70(75)60-36-20-32-56(46-60)52-25-9-4-10-26-52/h3-48H,1-2H3. The Kier molecular flexibility index (Phi) is 11.8. The Hall–Kier alpha value is -8.92. The molecule has 8 heteroatoms. The minimum atomic E-state index is -3.97. The molecule has 0 bridgehead atoms. The molecule has 0 fully saturated rings. The molecule has 2 aliphatic rings. The predicted molar refractivity (Wildman–Crippen MR) is 319 cm³/mol. The zero-order valence-corrected chi connectivity index (χ0v) is 43.8. The first-order valence-electron chi connectivity index (χ1n) is 25.6. The first kappa shape index (κ1) is 46.8. The van der Waals surface area contributed by atoms with Crippen molar-refractivity contribution < 1.29 is 9.13 Å². The third-order valence-corrected chi connectivity index (χ3v) is 20.9. The normalized spacial score (nSPS) is 14.1. The highest BCUT2D eigenvalue weighted by Gasteiger charge is 2.53. The van der Waals surface area contributed by atoms with Gasteiger partial charge in [-0.1, -0.05) is 194 Å². The van der Waals surface area contributed by atoms with Gasteiger partial charge < -0.3 is 0 Å². The van der Waals surface area contributed by atoms with E-state index in [0.29, 0.717) is 10.6 Å². The summed E-state index contributed by atoms with van der Waals surface area (Å²) in [6.45, 7) is 4.07. The van der Waals surface area contributed by atoms with Crippen LogP contribution in [0.1, 0.15) is 11.1 Å². The molecule has 366 valence electrons. The van der Waals surface area contributed by atoms with Crippen LogP contribution in [0.15, 0.2) is 279 Å². The minimum Gasteiger partial charge on any atom is -0.270 e. The maximum Gasteiger partial charge on any atom is 0.301 e. The van der Waals surface area contributed by atoms with Gasteiger partial charge in [-0.25, -0.2) is 0 Å². The van der Waals surface area contributed by atoms with E-state index < -0.39 is 14.9 Å². The molecule has 0 unspecified atom stereocenters. The van der Waals surface area contributed by atoms with Crippen molar-refractivity contribution in [2.45, 2.75) is 13.8 Å². The van der Waals surface area contributed by atoms with E-state index in [1.807, 2.05) is 111 Å². The van der Waals surface area contributed by atoms with Gasteiger partial charge in [0.05, 0.1) is 56.1 Å². The molecule has 0 atom stereocenters. The fraction of sp³-hybridized carbons (Fsp3) is 0.0294. The third kappa shape index (κ3) is 7.80. The van der Waals surface area contributed by atoms with E-state index in [2.05, 4.69) is 201 Å². The molecule has 0 saturated carbocycles. The molecule has 0 radical (unpaired) electrons. The van der Waals surface area contributed by atoms with Gasteiger partial charge in [-0.05, 0) is 154 Å². The molecule has 11 aromatic carbocycles. The van der Waals surface area contributed by atoms with E-state index in [1.54, 1.807) is 0 Å². The second kappa shape index (κ2) is 19.1. The third-order valence-electron chi connectivity index (χ3n) is 14.7. The monoisotopic (exact) mass is 1020 g/mol. The van der Waals surface area contributed by atoms with Crippen LogP contribution < -0.4 is 29.3 Å². The highest BCUT2D eigenvalue weighted by atomic mass is 31.2. The van der Waals surface area contributed by atoms with Gasteiger partial charge in [0.2, 0.25) is 0 Å². The maximum atomic E-state index is 17.8. The van der Waals surface area contributed by atoms with Crippen molar-refractivity contribution in [1.82, 2.24) is 0 Å². The Morgan fingerprint density at radius 1 is 0.237 bits per heavy atom. The molecule has 6 nitrogen and oxygen atoms in total. The van der Waals surface area contributed by atoms with Crippen LogP contribution in [0.2, 0.25) is 0 Å². The van der Waals surface area contributed by atoms with Gasteiger partial charge in [0.1, 0.15) is 0 Å². The van der Waals surface area contributed by atoms with Crippen molar-refractivity contribution in [2.24, 2.45) is 0 Å². The predicted octanol–water partition coefficient (Wildman–Crippen LogP) is 18.6. The average Bonchev–Trinajstić information content (AvgIpc) is 4.08. The number of benzene rings is 11. The van der Waals surface area contributed by atoms with Crippen molar-refractivity contribution >= 4 is 71.0 Å². The largest absolute Gasteiger partial charge is 0.301 e. The van der Waals surface area contributed by atoms with Crippen molar-refractivity contribution in [3.63, 3.8) is 0 Å². The Morgan fingerprint density at radius 2 is 0.447 bits per heavy atom. The Morgan fingerprint density at radius 3 is 0.684 bits per heavy atom. The van der Waals surface area contributed by atoms with E-state index in [4.69, 9.17) is 0 Å². The lowest BCUT2D eigenvalue weighted by molar-refractivity contribution is 0.581. The summed E-state index contributed by atoms with van der Waals surface area (Å²) in [6.07, 6.45) is 0. The van der Waals surface area contributed by atoms with E-state index in [0.717, 1.165) is 101 Å². The Labute approximate surface area is 445 Å². The molecule has 0 N–H and O–H groups in total. The summed E-state index contributed by atoms with van der Waals surface area (Å²) in [6, 6.07) is 95.3. The zero-order valence-electron chi connectivity index (χ0n) is 42.1. The van der Waals surface area contributed by atoms with Crippen molar-refractivity contribution in [3.05, 3.63) is 290 Å². The van der Waals surface area contributed by atoms with Crippen LogP contribution >= 0.6 is 14.9 Å². The smallest absolute Gasteiger partial charge is 0.270 e. The van der Waals surface area contributed by atoms with E-state index in [9.17, 15) is 0 Å². The molecule has 0 amide bonds. The second-order valence-electron chi connectivity index (χ2n) is 19.4. The van der Waals surface area contributed by atoms with Crippen LogP contribution in [-0.4, -0.2) is 0 Å². The lowest BCUT2D eigenvalue weighted by Crippen LogP contribution is -2.33. The molecule has 0 aliphatic carbocycles. The summed E-state index contributed by atoms with van der Waals surface area (Å²) in [5.41, 5.74) is 16.3. The van der Waals surface area contributed by atoms with Gasteiger partial charge in [-0.2, -0.15) is 0 Å². The van der Waals surface area contributed by atoms with Gasteiger partial charge in [-0.15, -0.1) is 0 Å². The summed E-state index contributed by atoms with van der Waals surface area (Å²) in [7, 11) is -7.93. The van der Waals surface area contributed by atoms with Crippen LogP contribution in [-0.2, 0) is 9.13 Å². The van der Waals surface area contributed by atoms with Crippen LogP contribution in [0, 0.1) is 13.8 Å². The molecular formula is C68H52N4O2P2. The summed E-state index contributed by atoms with van der Waals surface area (Å²) in [5, 5.41) is 1.30. The summed E-state index contributed by atoms with van der Waals surface area (Å²) >= 11 is 0. The van der Waals surface area contributed by atoms with Crippen molar-refractivity contribution in [1.29, 1.82) is 0 Å². The topological polar surface area (TPSA) is 47.1 Å². The number of fused-ring (bicyclic) bond motifs is 2. The number of aryl methyl sites for hydroxylation is 2. The number of para-hydroxylation sites is 4. The number of anilines is 8. The van der Waals surface area contributed by atoms with Crippen molar-refractivity contribution in [3.8, 4) is 44.5 Å². The van der Waals surface area contributed by atoms with Gasteiger partial charge >= 0.3 is 14.9 Å². The van der Waals surface area contributed by atoms with E-state index in [-0.39, 0.29) is 0 Å². The summed E-state index contributed by atoms with van der Waals surface area (Å²) in [4.78, 5) is 0. The van der Waals surface area contributed by atoms with Crippen molar-refractivity contribution in [2.75, 3.05) is 18.7 Å². The zero-order chi connectivity index (χ0) is 51.4. The lowest BCUT2D eigenvalue weighted by Gasteiger charge is -2.37. The number of nitrogens with zero attached hydrogens (tertiary/aromatic N) is 4. The molecular weight excluding hydrogens is 967 g/mol. The fourth-order valence-electron chi connectivity index (χ4n) is 11.2. The molecule has 13 rings (SSSR count). The molecule has 2 heterocycles. The van der Waals surface area contributed by atoms with Crippen LogP contribution in [0.25, 0.3) is 44.5 Å². The lowest BCUT2D eigenvalue weighted by atomic mass is 10.0. The quantitative estimate of drug-likeness (QED) is 0.127. The average molecular weight is 1020 g/mol. The van der Waals surface area contributed by atoms with Gasteiger partial charge in [0, 0.05) is 0 Å². The Bertz CT molecular complexity index is 3580. The summed E-state index contributed by atoms with van der Waals surface area (Å²) in [5.74, 6) is 0. The van der Waals surface area contributed by atoms with Gasteiger partial charge in [-0.3, -0.25) is 27.8 Å². The van der Waals surface area contributed by atoms with Gasteiger partial charge in [0.15, 0.2) is 0 Å². The van der Waals surface area contributed by atoms with Crippen LogP contribution in [0.4, 0.5) is 45.5 Å². The first-order valence-corrected chi connectivity index (χ1v) is 28.9. The fourth-order valence-corrected chi connectivity index (χ4v) is 17.8. The van der Waals surface area contributed by atoms with E-state index in [1.165, 1.54) is 0 Å². The Balaban J connectivity index is 1.05. The molecule has 11 aromatic rings. The van der Waals surface area contributed by atoms with Gasteiger partial charge in [0.25, 0.3) is 0 Å². The maximum absolute atomic E-state index is 17.8.